The summed E-state index contributed by atoms with van der Waals surface area (Å²) in [5.74, 6) is -1.26. The monoisotopic (exact) mass is 1030 g/mol. The number of aliphatic hydroxyl groups excluding tert-OH is 1. The lowest BCUT2D eigenvalue weighted by atomic mass is 9.98. The number of amides is 2. The lowest BCUT2D eigenvalue weighted by Gasteiger charge is -2.23. The summed E-state index contributed by atoms with van der Waals surface area (Å²) in [6.45, 7) is 9.89. The molecular weight excluding hydrogens is 963 g/mol. The third-order valence-corrected chi connectivity index (χ3v) is 10.3. The molecule has 0 saturated heterocycles. The van der Waals surface area contributed by atoms with E-state index in [1.165, 1.54) is 0 Å². The van der Waals surface area contributed by atoms with Crippen LogP contribution in [0.1, 0.15) is 103 Å². The van der Waals surface area contributed by atoms with E-state index in [1.807, 2.05) is 84.9 Å². The topological polar surface area (TPSA) is 227 Å². The highest BCUT2D eigenvalue weighted by Crippen LogP contribution is 2.45. The van der Waals surface area contributed by atoms with Crippen molar-refractivity contribution in [1.82, 2.24) is 10.6 Å². The minimum absolute atomic E-state index is 0. The van der Waals surface area contributed by atoms with Crippen molar-refractivity contribution in [3.8, 4) is 22.3 Å². The summed E-state index contributed by atoms with van der Waals surface area (Å²) in [7, 11) is -2.45. The number of esters is 2. The van der Waals surface area contributed by atoms with E-state index in [0.29, 0.717) is 0 Å². The Morgan fingerprint density at radius 1 is 0.586 bits per heavy atom. The molecule has 0 aliphatic heterocycles. The van der Waals surface area contributed by atoms with Gasteiger partial charge in [-0.1, -0.05) is 112 Å². The van der Waals surface area contributed by atoms with Crippen LogP contribution < -0.4 is 10.6 Å². The number of carbonyl (C=O) groups is 4. The van der Waals surface area contributed by atoms with Gasteiger partial charge in [0.25, 0.3) is 10.1 Å². The number of carbonyl (C=O) groups excluding carboxylic acids is 4. The standard InChI is InChI=1S/C24H29NO7S.C23H27NO5.CH3ClO2S.2CH4.B/c1-24(2,3)32-22(26)13-16(14-31-33(4,28)29)25-23(27)30-15-21-19-11-7-5-9-17(19)18-10-6-8-12-20(18)21;1-23(2,3)29-21(26)12-15(13-25)24-22(27)28-14-20-18-10-6-4-8-16(18)17-9-5-7-11-19(17)20;1-5(2,3)4;;;/h5-12,16,21H,13-15H2,1-4H3,(H,25,27);4-11,15,20,25H,12-14H2,1-3H3,(H,24,27);1H3;2*1H4;. The second-order valence-electron chi connectivity index (χ2n) is 17.8. The van der Waals surface area contributed by atoms with Gasteiger partial charge in [0.2, 0.25) is 9.05 Å². The van der Waals surface area contributed by atoms with Gasteiger partial charge in [0.05, 0.1) is 50.7 Å². The summed E-state index contributed by atoms with van der Waals surface area (Å²) in [6, 6.07) is 30.3. The van der Waals surface area contributed by atoms with Crippen LogP contribution in [-0.2, 0) is 51.9 Å². The Morgan fingerprint density at radius 2 is 0.871 bits per heavy atom. The molecule has 2 amide bonds. The summed E-state index contributed by atoms with van der Waals surface area (Å²) in [5.41, 5.74) is 7.53. The highest BCUT2D eigenvalue weighted by Gasteiger charge is 2.32. The second-order valence-corrected chi connectivity index (χ2v) is 22.5. The van der Waals surface area contributed by atoms with Crippen LogP contribution in [0.15, 0.2) is 97.1 Å². The molecule has 0 spiro atoms. The van der Waals surface area contributed by atoms with Gasteiger partial charge < -0.3 is 34.7 Å². The van der Waals surface area contributed by atoms with Crippen molar-refractivity contribution < 1.29 is 64.3 Å². The lowest BCUT2D eigenvalue weighted by molar-refractivity contribution is -0.156. The van der Waals surface area contributed by atoms with Gasteiger partial charge in [-0.2, -0.15) is 8.42 Å². The van der Waals surface area contributed by atoms with E-state index in [2.05, 4.69) is 33.4 Å². The molecule has 0 saturated carbocycles. The number of ether oxygens (including phenoxy) is 4. The number of halogens is 1. The fourth-order valence-corrected chi connectivity index (χ4v) is 7.71. The van der Waals surface area contributed by atoms with E-state index in [-0.39, 0.29) is 67.8 Å². The molecular formula is C50H67BClN2O14S2. The van der Waals surface area contributed by atoms with Crippen molar-refractivity contribution >= 4 is 62.4 Å². The third-order valence-electron chi connectivity index (χ3n) is 9.70. The molecule has 2 atom stereocenters. The first-order chi connectivity index (χ1) is 31.2. The largest absolute Gasteiger partial charge is 0.460 e. The SMILES string of the molecule is C.C.CC(C)(C)OC(=O)CC(CO)NC(=O)OCC1c2ccccc2-c2ccccc21.CC(C)(C)OC(=O)CC(COS(C)(=O)=O)NC(=O)OCC1c2ccccc2-c2ccccc21.CS(=O)(=O)Cl.[B]. The molecule has 0 aromatic heterocycles. The maximum absolute atomic E-state index is 12.5. The minimum Gasteiger partial charge on any atom is -0.460 e. The minimum atomic E-state index is -3.76. The fraction of sp³-hybridized carbons (Fsp3) is 0.440. The summed E-state index contributed by atoms with van der Waals surface area (Å²) < 4.78 is 67.8. The zero-order valence-electron chi connectivity index (χ0n) is 39.3. The smallest absolute Gasteiger partial charge is 0.407 e. The molecule has 3 radical (unpaired) electrons. The van der Waals surface area contributed by atoms with Crippen molar-refractivity contribution in [2.75, 3.05) is 38.9 Å². The summed E-state index contributed by atoms with van der Waals surface area (Å²) >= 11 is 0. The van der Waals surface area contributed by atoms with Gasteiger partial charge in [0.1, 0.15) is 24.4 Å². The van der Waals surface area contributed by atoms with Gasteiger partial charge in [-0.05, 0) is 86.1 Å². The number of benzene rings is 4. The summed E-state index contributed by atoms with van der Waals surface area (Å²) in [5, 5.41) is 14.6. The van der Waals surface area contributed by atoms with Gasteiger partial charge in [-0.15, -0.1) is 0 Å². The maximum Gasteiger partial charge on any atom is 0.407 e. The molecule has 3 N–H and O–H groups in total. The van der Waals surface area contributed by atoms with Gasteiger partial charge >= 0.3 is 24.1 Å². The number of hydrogen-bond donors (Lipinski definition) is 3. The van der Waals surface area contributed by atoms with E-state index < -0.39 is 73.2 Å². The van der Waals surface area contributed by atoms with Crippen molar-refractivity contribution in [1.29, 1.82) is 0 Å². The second kappa shape index (κ2) is 27.2. The molecule has 4 aromatic rings. The van der Waals surface area contributed by atoms with Crippen molar-refractivity contribution in [2.45, 2.75) is 104 Å². The van der Waals surface area contributed by atoms with Crippen LogP contribution in [0.4, 0.5) is 9.59 Å². The lowest BCUT2D eigenvalue weighted by Crippen LogP contribution is -2.42. The molecule has 2 unspecified atom stereocenters. The molecule has 70 heavy (non-hydrogen) atoms. The Kier molecular flexibility index (Phi) is 24.3. The Morgan fingerprint density at radius 3 is 1.16 bits per heavy atom. The third kappa shape index (κ3) is 20.9. The molecule has 6 rings (SSSR count). The first-order valence-corrected chi connectivity index (χ1v) is 25.8. The van der Waals surface area contributed by atoms with Crippen LogP contribution in [0.3, 0.4) is 0 Å². The number of rotatable bonds is 14. The predicted octanol–water partition coefficient (Wildman–Crippen LogP) is 8.30. The zero-order chi connectivity index (χ0) is 49.7. The average molecular weight is 1030 g/mol. The molecule has 16 nitrogen and oxygen atoms in total. The fourth-order valence-electron chi connectivity index (χ4n) is 7.30. The van der Waals surface area contributed by atoms with Crippen molar-refractivity contribution in [2.24, 2.45) is 0 Å². The first kappa shape index (κ1) is 62.6. The van der Waals surface area contributed by atoms with E-state index in [9.17, 15) is 41.1 Å². The molecule has 0 bridgehead atoms. The quantitative estimate of drug-likeness (QED) is 0.0355. The summed E-state index contributed by atoms with van der Waals surface area (Å²) in [4.78, 5) is 48.9. The van der Waals surface area contributed by atoms with Gasteiger partial charge in [0.15, 0.2) is 0 Å². The molecule has 2 aliphatic rings. The molecule has 0 fully saturated rings. The highest BCUT2D eigenvalue weighted by molar-refractivity contribution is 8.13. The van der Waals surface area contributed by atoms with E-state index in [0.717, 1.165) is 57.0 Å². The first-order valence-electron chi connectivity index (χ1n) is 21.2. The van der Waals surface area contributed by atoms with E-state index >= 15 is 0 Å². The van der Waals surface area contributed by atoms with Crippen LogP contribution in [-0.4, -0.2) is 117 Å². The van der Waals surface area contributed by atoms with Crippen LogP contribution in [0.5, 0.6) is 0 Å². The summed E-state index contributed by atoms with van der Waals surface area (Å²) in [6.07, 6.45) is -0.0223. The zero-order valence-corrected chi connectivity index (χ0v) is 41.7. The van der Waals surface area contributed by atoms with Gasteiger partial charge in [-0.25, -0.2) is 18.0 Å². The van der Waals surface area contributed by atoms with Crippen LogP contribution in [0, 0.1) is 0 Å². The normalized spacial score (nSPS) is 13.3. The highest BCUT2D eigenvalue weighted by atomic mass is 35.7. The maximum atomic E-state index is 12.5. The Bertz CT molecular complexity index is 2500. The Hall–Kier alpha value is -5.47. The van der Waals surface area contributed by atoms with Gasteiger partial charge in [0, 0.05) is 30.9 Å². The Labute approximate surface area is 420 Å². The molecule has 0 heterocycles. The van der Waals surface area contributed by atoms with Crippen molar-refractivity contribution in [3.05, 3.63) is 119 Å². The van der Waals surface area contributed by atoms with Crippen LogP contribution in [0.2, 0.25) is 0 Å². The van der Waals surface area contributed by atoms with E-state index in [1.54, 1.807) is 41.5 Å². The number of alkyl carbamates (subject to hydrolysis) is 2. The van der Waals surface area contributed by atoms with Gasteiger partial charge in [-0.3, -0.25) is 13.8 Å². The average Bonchev–Trinajstić information content (AvgIpc) is 3.71. The van der Waals surface area contributed by atoms with Crippen LogP contribution in [0.25, 0.3) is 22.3 Å². The molecule has 2 aliphatic carbocycles. The number of nitrogens with one attached hydrogen (secondary N) is 2. The van der Waals surface area contributed by atoms with Crippen molar-refractivity contribution in [3.63, 3.8) is 0 Å². The molecule has 20 heteroatoms. The number of hydrogen-bond acceptors (Lipinski definition) is 14. The van der Waals surface area contributed by atoms with Crippen LogP contribution >= 0.6 is 10.7 Å². The number of fused-ring (bicyclic) bond motifs is 6. The molecule has 4 aromatic carbocycles. The predicted molar refractivity (Wildman–Crippen MR) is 273 cm³/mol. The Balaban J connectivity index is 0.000000617. The molecule has 383 valence electrons. The van der Waals surface area contributed by atoms with E-state index in [4.69, 9.17) is 23.1 Å². The number of aliphatic hydroxyl groups is 1.